The first-order chi connectivity index (χ1) is 15.4. The number of halogens is 1. The first-order valence-corrected chi connectivity index (χ1v) is 10.9. The van der Waals surface area contributed by atoms with Gasteiger partial charge in [0.15, 0.2) is 5.76 Å². The van der Waals surface area contributed by atoms with Crippen LogP contribution in [0.5, 0.6) is 0 Å². The Hall–Kier alpha value is -3.38. The molecule has 2 amide bonds. The highest BCUT2D eigenvalue weighted by Gasteiger charge is 2.28. The second-order valence-corrected chi connectivity index (χ2v) is 8.30. The zero-order chi connectivity index (χ0) is 22.8. The summed E-state index contributed by atoms with van der Waals surface area (Å²) in [5.74, 6) is 0.294. The van der Waals surface area contributed by atoms with Crippen LogP contribution in [-0.4, -0.2) is 17.5 Å². The van der Waals surface area contributed by atoms with Gasteiger partial charge in [-0.1, -0.05) is 35.9 Å². The van der Waals surface area contributed by atoms with Crippen molar-refractivity contribution >= 4 is 34.8 Å². The van der Waals surface area contributed by atoms with E-state index in [2.05, 4.69) is 15.8 Å². The molecule has 1 heterocycles. The van der Waals surface area contributed by atoms with E-state index in [9.17, 15) is 9.59 Å². The SMILES string of the molecule is Cc1cccc(NC(=O)c2oc3c(c2C)/C(=N/NC(=O)c2ccccc2Cl)CCC3)c1C. The van der Waals surface area contributed by atoms with Crippen LogP contribution in [0.15, 0.2) is 52.0 Å². The Morgan fingerprint density at radius 3 is 2.53 bits per heavy atom. The molecule has 0 fully saturated rings. The lowest BCUT2D eigenvalue weighted by atomic mass is 9.93. The number of hydrazone groups is 1. The first kappa shape index (κ1) is 21.8. The number of carbonyl (C=O) groups excluding carboxylic acids is 2. The summed E-state index contributed by atoms with van der Waals surface area (Å²) < 4.78 is 5.96. The molecule has 0 radical (unpaired) electrons. The van der Waals surface area contributed by atoms with Gasteiger partial charge < -0.3 is 9.73 Å². The Morgan fingerprint density at radius 2 is 1.75 bits per heavy atom. The summed E-state index contributed by atoms with van der Waals surface area (Å²) >= 11 is 6.10. The van der Waals surface area contributed by atoms with E-state index < -0.39 is 0 Å². The van der Waals surface area contributed by atoms with Gasteiger partial charge in [0.1, 0.15) is 5.76 Å². The Bertz CT molecular complexity index is 1240. The Kier molecular flexibility index (Phi) is 6.15. The van der Waals surface area contributed by atoms with E-state index in [0.717, 1.165) is 28.8 Å². The lowest BCUT2D eigenvalue weighted by molar-refractivity contribution is 0.0953. The van der Waals surface area contributed by atoms with Crippen LogP contribution in [0.3, 0.4) is 0 Å². The number of nitrogens with one attached hydrogen (secondary N) is 2. The number of anilines is 1. The van der Waals surface area contributed by atoms with E-state index in [-0.39, 0.29) is 17.6 Å². The van der Waals surface area contributed by atoms with Crippen LogP contribution >= 0.6 is 11.6 Å². The normalized spacial score (nSPS) is 14.2. The van der Waals surface area contributed by atoms with Crippen LogP contribution in [-0.2, 0) is 6.42 Å². The van der Waals surface area contributed by atoms with Crippen LogP contribution in [0, 0.1) is 20.8 Å². The highest BCUT2D eigenvalue weighted by molar-refractivity contribution is 6.33. The Morgan fingerprint density at radius 1 is 0.969 bits per heavy atom. The molecule has 6 nitrogen and oxygen atoms in total. The van der Waals surface area contributed by atoms with Crippen molar-refractivity contribution in [1.82, 2.24) is 5.43 Å². The maximum absolute atomic E-state index is 13.0. The molecule has 3 aromatic rings. The molecule has 0 unspecified atom stereocenters. The van der Waals surface area contributed by atoms with Crippen molar-refractivity contribution in [3.8, 4) is 0 Å². The molecule has 0 saturated heterocycles. The Labute approximate surface area is 191 Å². The third-order valence-electron chi connectivity index (χ3n) is 5.80. The predicted molar refractivity (Wildman–Crippen MR) is 126 cm³/mol. The molecular formula is C25H24ClN3O3. The molecule has 0 aliphatic heterocycles. The van der Waals surface area contributed by atoms with Crippen LogP contribution in [0.2, 0.25) is 5.02 Å². The summed E-state index contributed by atoms with van der Waals surface area (Å²) in [5, 5.41) is 7.67. The van der Waals surface area contributed by atoms with Gasteiger partial charge in [0.25, 0.3) is 11.8 Å². The molecule has 164 valence electrons. The van der Waals surface area contributed by atoms with Gasteiger partial charge in [0.05, 0.1) is 16.3 Å². The van der Waals surface area contributed by atoms with Gasteiger partial charge in [0, 0.05) is 23.2 Å². The minimum Gasteiger partial charge on any atom is -0.455 e. The van der Waals surface area contributed by atoms with E-state index in [1.54, 1.807) is 24.3 Å². The summed E-state index contributed by atoms with van der Waals surface area (Å²) in [6.07, 6.45) is 2.21. The monoisotopic (exact) mass is 449 g/mol. The molecule has 0 spiro atoms. The molecule has 2 N–H and O–H groups in total. The lowest BCUT2D eigenvalue weighted by Gasteiger charge is -2.13. The molecule has 2 aromatic carbocycles. The van der Waals surface area contributed by atoms with E-state index in [4.69, 9.17) is 16.0 Å². The van der Waals surface area contributed by atoms with Crippen molar-refractivity contribution in [2.24, 2.45) is 5.10 Å². The van der Waals surface area contributed by atoms with Crippen LogP contribution in [0.4, 0.5) is 5.69 Å². The van der Waals surface area contributed by atoms with E-state index >= 15 is 0 Å². The van der Waals surface area contributed by atoms with Gasteiger partial charge in [-0.3, -0.25) is 9.59 Å². The average Bonchev–Trinajstić information content (AvgIpc) is 3.13. The number of aryl methyl sites for hydroxylation is 2. The average molecular weight is 450 g/mol. The maximum atomic E-state index is 13.0. The van der Waals surface area contributed by atoms with Gasteiger partial charge in [0.2, 0.25) is 0 Å². The van der Waals surface area contributed by atoms with Gasteiger partial charge in [-0.25, -0.2) is 5.43 Å². The predicted octanol–water partition coefficient (Wildman–Crippen LogP) is 5.58. The smallest absolute Gasteiger partial charge is 0.291 e. The van der Waals surface area contributed by atoms with Crippen molar-refractivity contribution in [1.29, 1.82) is 0 Å². The second-order valence-electron chi connectivity index (χ2n) is 7.89. The second kappa shape index (κ2) is 9.01. The van der Waals surface area contributed by atoms with Crippen molar-refractivity contribution < 1.29 is 14.0 Å². The molecule has 32 heavy (non-hydrogen) atoms. The number of fused-ring (bicyclic) bond motifs is 1. The Balaban J connectivity index is 1.59. The number of hydrogen-bond donors (Lipinski definition) is 2. The van der Waals surface area contributed by atoms with Crippen LogP contribution < -0.4 is 10.7 Å². The fourth-order valence-corrected chi connectivity index (χ4v) is 4.11. The van der Waals surface area contributed by atoms with Crippen LogP contribution in [0.1, 0.15) is 61.8 Å². The minimum absolute atomic E-state index is 0.267. The third kappa shape index (κ3) is 4.18. The summed E-state index contributed by atoms with van der Waals surface area (Å²) in [5.41, 5.74) is 8.01. The first-order valence-electron chi connectivity index (χ1n) is 10.5. The summed E-state index contributed by atoms with van der Waals surface area (Å²) in [4.78, 5) is 25.5. The van der Waals surface area contributed by atoms with Crippen molar-refractivity contribution in [3.05, 3.63) is 86.8 Å². The van der Waals surface area contributed by atoms with Gasteiger partial charge in [-0.15, -0.1) is 0 Å². The van der Waals surface area contributed by atoms with Gasteiger partial charge in [-0.05, 0) is 62.9 Å². The molecule has 0 saturated carbocycles. The standard InChI is InChI=1S/C25H24ClN3O3/c1-14-8-6-11-19(15(14)2)27-25(31)23-16(3)22-20(12-7-13-21(22)32-23)28-29-24(30)17-9-4-5-10-18(17)26/h4-6,8-11H,7,12-13H2,1-3H3,(H,27,31)(H,29,30)/b28-20+. The zero-order valence-corrected chi connectivity index (χ0v) is 19.0. The van der Waals surface area contributed by atoms with Crippen molar-refractivity contribution in [2.75, 3.05) is 5.32 Å². The number of hydrogen-bond acceptors (Lipinski definition) is 4. The maximum Gasteiger partial charge on any atom is 0.291 e. The van der Waals surface area contributed by atoms with E-state index in [0.29, 0.717) is 40.5 Å². The summed E-state index contributed by atoms with van der Waals surface area (Å²) in [6.45, 7) is 5.82. The third-order valence-corrected chi connectivity index (χ3v) is 6.13. The highest BCUT2D eigenvalue weighted by atomic mass is 35.5. The van der Waals surface area contributed by atoms with E-state index in [1.807, 2.05) is 39.0 Å². The molecule has 0 atom stereocenters. The quantitative estimate of drug-likeness (QED) is 0.510. The molecule has 1 aromatic heterocycles. The number of amides is 2. The zero-order valence-electron chi connectivity index (χ0n) is 18.2. The molecule has 4 rings (SSSR count). The minimum atomic E-state index is -0.385. The topological polar surface area (TPSA) is 83.7 Å². The molecular weight excluding hydrogens is 426 g/mol. The molecule has 7 heteroatoms. The molecule has 0 bridgehead atoms. The van der Waals surface area contributed by atoms with Crippen molar-refractivity contribution in [2.45, 2.75) is 40.0 Å². The number of nitrogens with zero attached hydrogens (tertiary/aromatic N) is 1. The largest absolute Gasteiger partial charge is 0.455 e. The fraction of sp³-hybridized carbons (Fsp3) is 0.240. The highest BCUT2D eigenvalue weighted by Crippen LogP contribution is 2.31. The van der Waals surface area contributed by atoms with Crippen LogP contribution in [0.25, 0.3) is 0 Å². The lowest BCUT2D eigenvalue weighted by Crippen LogP contribution is -2.22. The van der Waals surface area contributed by atoms with Crippen molar-refractivity contribution in [3.63, 3.8) is 0 Å². The number of carbonyl (C=O) groups is 2. The fourth-order valence-electron chi connectivity index (χ4n) is 3.89. The number of benzene rings is 2. The van der Waals surface area contributed by atoms with Gasteiger partial charge >= 0.3 is 0 Å². The number of rotatable bonds is 4. The number of furan rings is 1. The summed E-state index contributed by atoms with van der Waals surface area (Å²) in [7, 11) is 0. The molecule has 1 aliphatic carbocycles. The molecule has 1 aliphatic rings. The van der Waals surface area contributed by atoms with Gasteiger partial charge in [-0.2, -0.15) is 5.10 Å². The van der Waals surface area contributed by atoms with E-state index in [1.165, 1.54) is 0 Å². The summed E-state index contributed by atoms with van der Waals surface area (Å²) in [6, 6.07) is 12.6.